The SMILES string of the molecule is CC1NN(c2ccccc2)C(=O)C1C(=O)c1cccc(C(=O)C2C(=O)N(c3ccccc3)NC2C)c1. The predicted molar refractivity (Wildman–Crippen MR) is 135 cm³/mol. The van der Waals surface area contributed by atoms with Gasteiger partial charge in [-0.05, 0) is 44.2 Å². The fourth-order valence-corrected chi connectivity index (χ4v) is 4.81. The highest BCUT2D eigenvalue weighted by Crippen LogP contribution is 2.28. The third-order valence-electron chi connectivity index (χ3n) is 6.66. The van der Waals surface area contributed by atoms with Crippen molar-refractivity contribution in [3.8, 4) is 0 Å². The first-order valence-electron chi connectivity index (χ1n) is 11.9. The fraction of sp³-hybridized carbons (Fsp3) is 0.214. The number of carbonyl (C=O) groups is 4. The largest absolute Gasteiger partial charge is 0.293 e. The molecule has 3 aromatic rings. The highest BCUT2D eigenvalue weighted by atomic mass is 16.2. The van der Waals surface area contributed by atoms with Gasteiger partial charge < -0.3 is 0 Å². The molecule has 0 saturated carbocycles. The second-order valence-electron chi connectivity index (χ2n) is 9.12. The van der Waals surface area contributed by atoms with E-state index in [0.29, 0.717) is 11.4 Å². The van der Waals surface area contributed by atoms with Gasteiger partial charge in [0.2, 0.25) is 0 Å². The average Bonchev–Trinajstić information content (AvgIpc) is 3.38. The summed E-state index contributed by atoms with van der Waals surface area (Å²) in [5.74, 6) is -3.31. The average molecular weight is 483 g/mol. The van der Waals surface area contributed by atoms with Gasteiger partial charge in [0.25, 0.3) is 11.8 Å². The van der Waals surface area contributed by atoms with Crippen LogP contribution in [0.4, 0.5) is 11.4 Å². The van der Waals surface area contributed by atoms with Gasteiger partial charge in [0.05, 0.1) is 11.4 Å². The maximum Gasteiger partial charge on any atom is 0.253 e. The van der Waals surface area contributed by atoms with Crippen LogP contribution < -0.4 is 20.9 Å². The number of para-hydroxylation sites is 2. The second-order valence-corrected chi connectivity index (χ2v) is 9.12. The minimum atomic E-state index is -0.933. The van der Waals surface area contributed by atoms with Gasteiger partial charge in [-0.25, -0.2) is 20.9 Å². The lowest BCUT2D eigenvalue weighted by atomic mass is 9.88. The van der Waals surface area contributed by atoms with E-state index < -0.39 is 23.9 Å². The number of benzene rings is 3. The van der Waals surface area contributed by atoms with E-state index in [9.17, 15) is 19.2 Å². The molecule has 0 bridgehead atoms. The quantitative estimate of drug-likeness (QED) is 0.414. The molecular formula is C28H26N4O4. The van der Waals surface area contributed by atoms with Crippen molar-refractivity contribution in [2.45, 2.75) is 25.9 Å². The Kier molecular flexibility index (Phi) is 6.22. The summed E-state index contributed by atoms with van der Waals surface area (Å²) < 4.78 is 0. The van der Waals surface area contributed by atoms with Gasteiger partial charge in [-0.1, -0.05) is 54.6 Å². The molecule has 2 aliphatic heterocycles. The zero-order valence-electron chi connectivity index (χ0n) is 19.9. The van der Waals surface area contributed by atoms with Crippen LogP contribution in [0, 0.1) is 11.8 Å². The highest BCUT2D eigenvalue weighted by Gasteiger charge is 2.45. The molecule has 2 heterocycles. The van der Waals surface area contributed by atoms with Crippen molar-refractivity contribution in [2.75, 3.05) is 10.0 Å². The Morgan fingerprint density at radius 3 is 1.39 bits per heavy atom. The zero-order chi connectivity index (χ0) is 25.4. The van der Waals surface area contributed by atoms with E-state index in [4.69, 9.17) is 0 Å². The molecule has 5 rings (SSSR count). The smallest absolute Gasteiger partial charge is 0.253 e. The molecule has 2 amide bonds. The number of hydrogen-bond acceptors (Lipinski definition) is 6. The van der Waals surface area contributed by atoms with Crippen molar-refractivity contribution in [1.82, 2.24) is 10.9 Å². The summed E-state index contributed by atoms with van der Waals surface area (Å²) in [4.78, 5) is 53.1. The number of hydrogen-bond donors (Lipinski definition) is 2. The number of ketones is 2. The number of carbonyl (C=O) groups excluding carboxylic acids is 4. The van der Waals surface area contributed by atoms with Gasteiger partial charge in [-0.15, -0.1) is 0 Å². The molecule has 2 fully saturated rings. The van der Waals surface area contributed by atoms with Crippen molar-refractivity contribution in [2.24, 2.45) is 11.8 Å². The summed E-state index contributed by atoms with van der Waals surface area (Å²) >= 11 is 0. The van der Waals surface area contributed by atoms with Crippen LogP contribution in [0.2, 0.25) is 0 Å². The topological polar surface area (TPSA) is 98.8 Å². The number of hydrazine groups is 2. The molecule has 0 spiro atoms. The highest BCUT2D eigenvalue weighted by molar-refractivity contribution is 6.18. The molecule has 8 nitrogen and oxygen atoms in total. The fourth-order valence-electron chi connectivity index (χ4n) is 4.81. The number of rotatable bonds is 6. The summed E-state index contributed by atoms with van der Waals surface area (Å²) in [7, 11) is 0. The summed E-state index contributed by atoms with van der Waals surface area (Å²) in [5, 5.41) is 2.79. The van der Waals surface area contributed by atoms with Crippen LogP contribution >= 0.6 is 0 Å². The van der Waals surface area contributed by atoms with Gasteiger partial charge in [0, 0.05) is 23.2 Å². The van der Waals surface area contributed by atoms with Gasteiger partial charge in [0.15, 0.2) is 11.6 Å². The number of nitrogens with zero attached hydrogens (tertiary/aromatic N) is 2. The van der Waals surface area contributed by atoms with Crippen LogP contribution in [-0.4, -0.2) is 35.5 Å². The van der Waals surface area contributed by atoms with E-state index >= 15 is 0 Å². The molecule has 2 N–H and O–H groups in total. The Morgan fingerprint density at radius 2 is 1.00 bits per heavy atom. The minimum Gasteiger partial charge on any atom is -0.293 e. The first-order valence-corrected chi connectivity index (χ1v) is 11.9. The summed E-state index contributed by atoms with van der Waals surface area (Å²) in [5.41, 5.74) is 7.96. The van der Waals surface area contributed by atoms with Gasteiger partial charge in [-0.3, -0.25) is 19.2 Å². The zero-order valence-corrected chi connectivity index (χ0v) is 19.9. The molecule has 4 unspecified atom stereocenters. The minimum absolute atomic E-state index is 0.258. The monoisotopic (exact) mass is 482 g/mol. The van der Waals surface area contributed by atoms with Crippen molar-refractivity contribution in [1.29, 1.82) is 0 Å². The van der Waals surface area contributed by atoms with Gasteiger partial charge >= 0.3 is 0 Å². The first-order chi connectivity index (χ1) is 17.4. The molecule has 8 heteroatoms. The van der Waals surface area contributed by atoms with Gasteiger partial charge in [0.1, 0.15) is 11.8 Å². The molecule has 0 aliphatic carbocycles. The van der Waals surface area contributed by atoms with Crippen LogP contribution in [0.25, 0.3) is 0 Å². The Labute approximate surface area is 208 Å². The first kappa shape index (κ1) is 23.6. The van der Waals surface area contributed by atoms with Crippen molar-refractivity contribution in [3.05, 3.63) is 96.1 Å². The Bertz CT molecular complexity index is 1230. The molecule has 182 valence electrons. The molecule has 2 saturated heterocycles. The van der Waals surface area contributed by atoms with Crippen LogP contribution in [0.1, 0.15) is 34.6 Å². The van der Waals surface area contributed by atoms with Crippen LogP contribution in [0.3, 0.4) is 0 Å². The lowest BCUT2D eigenvalue weighted by Crippen LogP contribution is -2.36. The standard InChI is InChI=1S/C28H26N4O4/c1-17-23(27(35)31(29-17)21-12-5-3-6-13-21)25(33)19-10-9-11-20(16-19)26(34)24-18(2)30-32(28(24)36)22-14-7-4-8-15-22/h3-18,23-24,29-30H,1-2H3. The third kappa shape index (κ3) is 4.10. The Morgan fingerprint density at radius 1 is 0.611 bits per heavy atom. The maximum atomic E-state index is 13.4. The van der Waals surface area contributed by atoms with E-state index in [2.05, 4.69) is 10.9 Å². The summed E-state index contributed by atoms with van der Waals surface area (Å²) in [6.07, 6.45) is 0. The molecule has 0 radical (unpaired) electrons. The lowest BCUT2D eigenvalue weighted by Gasteiger charge is -2.16. The van der Waals surface area contributed by atoms with E-state index in [1.165, 1.54) is 16.1 Å². The van der Waals surface area contributed by atoms with E-state index in [1.54, 1.807) is 56.3 Å². The van der Waals surface area contributed by atoms with Crippen molar-refractivity contribution < 1.29 is 19.2 Å². The number of amides is 2. The normalized spacial score (nSPS) is 23.8. The van der Waals surface area contributed by atoms with Gasteiger partial charge in [-0.2, -0.15) is 0 Å². The summed E-state index contributed by atoms with van der Waals surface area (Å²) in [6, 6.07) is 23.6. The molecular weight excluding hydrogens is 456 g/mol. The number of anilines is 2. The third-order valence-corrected chi connectivity index (χ3v) is 6.66. The van der Waals surface area contributed by atoms with Crippen LogP contribution in [0.15, 0.2) is 84.9 Å². The van der Waals surface area contributed by atoms with E-state index in [-0.39, 0.29) is 34.5 Å². The molecule has 2 aliphatic rings. The van der Waals surface area contributed by atoms with Crippen molar-refractivity contribution >= 4 is 34.8 Å². The molecule has 4 atom stereocenters. The second kappa shape index (κ2) is 9.49. The molecule has 0 aromatic heterocycles. The predicted octanol–water partition coefficient (Wildman–Crippen LogP) is 3.16. The van der Waals surface area contributed by atoms with E-state index in [1.807, 2.05) is 36.4 Å². The van der Waals surface area contributed by atoms with E-state index in [0.717, 1.165) is 0 Å². The summed E-state index contributed by atoms with van der Waals surface area (Å²) in [6.45, 7) is 3.56. The lowest BCUT2D eigenvalue weighted by molar-refractivity contribution is -0.120. The molecule has 36 heavy (non-hydrogen) atoms. The van der Waals surface area contributed by atoms with Crippen LogP contribution in [0.5, 0.6) is 0 Å². The Balaban J connectivity index is 1.37. The Hall–Kier alpha value is -4.14. The number of nitrogens with one attached hydrogen (secondary N) is 2. The van der Waals surface area contributed by atoms with Crippen LogP contribution in [-0.2, 0) is 9.59 Å². The molecule has 3 aromatic carbocycles. The maximum absolute atomic E-state index is 13.4. The number of Topliss-reactive ketones (excluding diaryl/α,β-unsaturated/α-hetero) is 2. The van der Waals surface area contributed by atoms with Crippen molar-refractivity contribution in [3.63, 3.8) is 0 Å².